The highest BCUT2D eigenvalue weighted by atomic mass is 32.2. The van der Waals surface area contributed by atoms with Gasteiger partial charge in [-0.15, -0.1) is 4.33 Å². The number of rotatable bonds is 9. The van der Waals surface area contributed by atoms with Gasteiger partial charge in [0, 0.05) is 10.5 Å². The Kier molecular flexibility index (Phi) is 11.0. The smallest absolute Gasteiger partial charge is 0.294 e. The molecule has 0 spiro atoms. The summed E-state index contributed by atoms with van der Waals surface area (Å²) >= 11 is 0.632. The van der Waals surface area contributed by atoms with Gasteiger partial charge in [-0.25, -0.2) is 13.7 Å². The van der Waals surface area contributed by atoms with Crippen LogP contribution in [0.5, 0.6) is 0 Å². The monoisotopic (exact) mass is 616 g/mol. The molecule has 0 bridgehead atoms. The number of hydrogen-bond acceptors (Lipinski definition) is 9. The van der Waals surface area contributed by atoms with Crippen LogP contribution in [0.1, 0.15) is 39.5 Å². The van der Waals surface area contributed by atoms with E-state index in [1.807, 2.05) is 61.5 Å². The van der Waals surface area contributed by atoms with Crippen molar-refractivity contribution in [3.05, 3.63) is 119 Å². The summed E-state index contributed by atoms with van der Waals surface area (Å²) in [5.41, 5.74) is 3.79. The molecule has 0 amide bonds. The van der Waals surface area contributed by atoms with Crippen LogP contribution in [0.25, 0.3) is 0 Å². The van der Waals surface area contributed by atoms with Gasteiger partial charge in [0.15, 0.2) is 5.78 Å². The molecule has 4 aromatic carbocycles. The molecule has 12 heteroatoms. The van der Waals surface area contributed by atoms with E-state index in [0.29, 0.717) is 23.4 Å². The van der Waals surface area contributed by atoms with E-state index < -0.39 is 24.9 Å². The van der Waals surface area contributed by atoms with Gasteiger partial charge in [-0.1, -0.05) is 77.3 Å². The summed E-state index contributed by atoms with van der Waals surface area (Å²) in [6, 6.07) is 24.9. The summed E-state index contributed by atoms with van der Waals surface area (Å²) in [6.07, 6.45) is 0.467. The quantitative estimate of drug-likeness (QED) is 0.0723. The van der Waals surface area contributed by atoms with Gasteiger partial charge in [-0.05, 0) is 68.1 Å². The lowest BCUT2D eigenvalue weighted by Crippen LogP contribution is -2.07. The minimum atomic E-state index is -4.60. The van der Waals surface area contributed by atoms with Crippen molar-refractivity contribution < 1.29 is 40.8 Å². The average Bonchev–Trinajstić information content (AvgIpc) is 2.94. The fourth-order valence-electron chi connectivity index (χ4n) is 3.74. The van der Waals surface area contributed by atoms with Crippen LogP contribution in [0.2, 0.25) is 0 Å². The Morgan fingerprint density at radius 2 is 1.44 bits per heavy atom. The maximum Gasteiger partial charge on any atom is 0.294 e. The Hall–Kier alpha value is -3.36. The number of ketones is 1. The molecule has 216 valence electrons. The summed E-state index contributed by atoms with van der Waals surface area (Å²) < 4.78 is 63.4. The standard InChI is InChI=1S/C21H20O8S3.C8H8O/c1-14-3-6-16(7-4-14)11-17-8-10-18(12-20(17)30-29-28-22)31(23,24)19-9-5-15(2)21(13-19)32(25,26)27;1-7(9)8-5-3-2-4-6-8/h3-10,12-13,22H,11H2,1-2H3,(H,25,26,27);2-6H,1H3. The number of carbonyl (C=O) groups excluding carboxylic acids is 1. The molecule has 4 rings (SSSR count). The van der Waals surface area contributed by atoms with Crippen molar-refractivity contribution in [3.63, 3.8) is 0 Å². The highest BCUT2D eigenvalue weighted by molar-refractivity contribution is 7.94. The minimum absolute atomic E-state index is 0.121. The second kappa shape index (κ2) is 14.0. The second-order valence-corrected chi connectivity index (χ2v) is 13.1. The Balaban J connectivity index is 0.000000436. The number of Topliss-reactive ketones (excluding diaryl/α,β-unsaturated/α-hetero) is 1. The molecular formula is C29H28O9S3. The molecule has 0 heterocycles. The van der Waals surface area contributed by atoms with Gasteiger partial charge in [0.25, 0.3) is 10.1 Å². The van der Waals surface area contributed by atoms with Crippen LogP contribution >= 0.6 is 12.0 Å². The van der Waals surface area contributed by atoms with Crippen molar-refractivity contribution in [2.45, 2.75) is 46.8 Å². The van der Waals surface area contributed by atoms with Crippen LogP contribution in [0.3, 0.4) is 0 Å². The van der Waals surface area contributed by atoms with Gasteiger partial charge in [0.05, 0.1) is 26.7 Å². The molecule has 41 heavy (non-hydrogen) atoms. The fourth-order valence-corrected chi connectivity index (χ4v) is 6.48. The van der Waals surface area contributed by atoms with Crippen molar-refractivity contribution in [2.24, 2.45) is 0 Å². The highest BCUT2D eigenvalue weighted by Crippen LogP contribution is 2.32. The maximum absolute atomic E-state index is 13.2. The van der Waals surface area contributed by atoms with E-state index in [2.05, 4.69) is 9.37 Å². The first-order valence-corrected chi connectivity index (χ1v) is 15.7. The lowest BCUT2D eigenvalue weighted by molar-refractivity contribution is -0.432. The largest absolute Gasteiger partial charge is 0.295 e. The number of carbonyl (C=O) groups is 1. The molecule has 4 aromatic rings. The molecule has 0 unspecified atom stereocenters. The normalized spacial score (nSPS) is 11.4. The Morgan fingerprint density at radius 3 is 2.00 bits per heavy atom. The number of sulfone groups is 1. The topological polar surface area (TPSA) is 144 Å². The second-order valence-electron chi connectivity index (χ2n) is 8.99. The Labute approximate surface area is 243 Å². The van der Waals surface area contributed by atoms with E-state index in [4.69, 9.17) is 5.26 Å². The zero-order valence-electron chi connectivity index (χ0n) is 22.3. The third kappa shape index (κ3) is 8.81. The van der Waals surface area contributed by atoms with Crippen LogP contribution in [-0.2, 0) is 35.7 Å². The van der Waals surface area contributed by atoms with Crippen molar-refractivity contribution in [1.29, 1.82) is 0 Å². The van der Waals surface area contributed by atoms with Gasteiger partial charge in [-0.3, -0.25) is 9.35 Å². The molecule has 0 aromatic heterocycles. The summed E-state index contributed by atoms with van der Waals surface area (Å²) in [7, 11) is -8.72. The first-order chi connectivity index (χ1) is 19.3. The van der Waals surface area contributed by atoms with E-state index in [9.17, 15) is 26.2 Å². The fraction of sp³-hybridized carbons (Fsp3) is 0.138. The summed E-state index contributed by atoms with van der Waals surface area (Å²) in [5.74, 6) is 0.121. The number of aryl methyl sites for hydroxylation is 2. The molecule has 0 aliphatic rings. The summed E-state index contributed by atoms with van der Waals surface area (Å²) in [6.45, 7) is 4.98. The molecule has 0 fully saturated rings. The third-order valence-corrected chi connectivity index (χ3v) is 9.38. The molecule has 2 N–H and O–H groups in total. The lowest BCUT2D eigenvalue weighted by Gasteiger charge is -2.12. The Bertz CT molecular complexity index is 1720. The zero-order chi connectivity index (χ0) is 30.2. The molecule has 0 aliphatic heterocycles. The van der Waals surface area contributed by atoms with Gasteiger partial charge in [0.1, 0.15) is 0 Å². The average molecular weight is 617 g/mol. The molecule has 9 nitrogen and oxygen atoms in total. The number of benzene rings is 4. The minimum Gasteiger partial charge on any atom is -0.295 e. The molecule has 0 saturated heterocycles. The molecular weight excluding hydrogens is 589 g/mol. The van der Waals surface area contributed by atoms with Gasteiger partial charge >= 0.3 is 0 Å². The van der Waals surface area contributed by atoms with Crippen molar-refractivity contribution in [2.75, 3.05) is 0 Å². The van der Waals surface area contributed by atoms with Crippen LogP contribution < -0.4 is 0 Å². The van der Waals surface area contributed by atoms with Crippen LogP contribution in [-0.4, -0.2) is 32.4 Å². The van der Waals surface area contributed by atoms with Crippen molar-refractivity contribution in [3.8, 4) is 0 Å². The lowest BCUT2D eigenvalue weighted by atomic mass is 10.0. The van der Waals surface area contributed by atoms with Crippen LogP contribution in [0.4, 0.5) is 0 Å². The first-order valence-electron chi connectivity index (χ1n) is 12.1. The van der Waals surface area contributed by atoms with E-state index >= 15 is 0 Å². The molecule has 0 radical (unpaired) electrons. The van der Waals surface area contributed by atoms with Crippen molar-refractivity contribution >= 4 is 37.8 Å². The predicted octanol–water partition coefficient (Wildman–Crippen LogP) is 6.29. The molecule has 0 saturated carbocycles. The van der Waals surface area contributed by atoms with Gasteiger partial charge < -0.3 is 0 Å². The van der Waals surface area contributed by atoms with Crippen molar-refractivity contribution in [1.82, 2.24) is 0 Å². The Morgan fingerprint density at radius 1 is 0.829 bits per heavy atom. The van der Waals surface area contributed by atoms with E-state index in [1.54, 1.807) is 13.0 Å². The van der Waals surface area contributed by atoms with E-state index in [0.717, 1.165) is 28.3 Å². The summed E-state index contributed by atoms with van der Waals surface area (Å²) in [4.78, 5) is 10.1. The highest BCUT2D eigenvalue weighted by Gasteiger charge is 2.23. The third-order valence-electron chi connectivity index (χ3n) is 5.95. The maximum atomic E-state index is 13.2. The SMILES string of the molecule is CC(=O)c1ccccc1.Cc1ccc(Cc2ccc(S(=O)(=O)c3ccc(C)c(S(=O)(=O)O)c3)cc2SOOO)cc1. The first kappa shape index (κ1) is 32.2. The van der Waals surface area contributed by atoms with Crippen LogP contribution in [0, 0.1) is 13.8 Å². The van der Waals surface area contributed by atoms with E-state index in [-0.39, 0.29) is 21.1 Å². The van der Waals surface area contributed by atoms with Crippen LogP contribution in [0.15, 0.2) is 111 Å². The van der Waals surface area contributed by atoms with Gasteiger partial charge in [0.2, 0.25) is 9.84 Å². The predicted molar refractivity (Wildman–Crippen MR) is 154 cm³/mol. The molecule has 0 aliphatic carbocycles. The number of hydrogen-bond donors (Lipinski definition) is 2. The van der Waals surface area contributed by atoms with Gasteiger partial charge in [-0.2, -0.15) is 8.42 Å². The zero-order valence-corrected chi connectivity index (χ0v) is 24.8. The summed E-state index contributed by atoms with van der Waals surface area (Å²) in [5, 5.41) is 12.2. The molecule has 0 atom stereocenters. The van der Waals surface area contributed by atoms with E-state index in [1.165, 1.54) is 31.2 Å².